The van der Waals surface area contributed by atoms with Crippen LogP contribution in [-0.4, -0.2) is 24.4 Å². The molecular weight excluding hydrogens is 623 g/mol. The maximum absolute atomic E-state index is 13.2. The summed E-state index contributed by atoms with van der Waals surface area (Å²) in [5, 5.41) is 3.32. The molecule has 0 amide bonds. The number of benzene rings is 2. The van der Waals surface area contributed by atoms with Crippen LogP contribution in [0.1, 0.15) is 11.1 Å². The van der Waals surface area contributed by atoms with Crippen molar-refractivity contribution in [1.29, 1.82) is 0 Å². The van der Waals surface area contributed by atoms with Gasteiger partial charge in [-0.3, -0.25) is 0 Å². The number of hydrogen-bond acceptors (Lipinski definition) is 3. The van der Waals surface area contributed by atoms with Gasteiger partial charge < -0.3 is 4.74 Å². The molecule has 0 aromatic heterocycles. The Morgan fingerprint density at radius 3 is 2.30 bits per heavy atom. The molecule has 164 valence electrons. The van der Waals surface area contributed by atoms with E-state index >= 15 is 0 Å². The summed E-state index contributed by atoms with van der Waals surface area (Å²) in [7, 11) is 0. The van der Waals surface area contributed by atoms with E-state index in [1.807, 2.05) is 22.6 Å². The van der Waals surface area contributed by atoms with Gasteiger partial charge in [0, 0.05) is 10.6 Å². The second-order valence-electron chi connectivity index (χ2n) is 5.71. The molecule has 0 unspecified atom stereocenters. The minimum Gasteiger partial charge on any atom is -0.487 e. The third-order valence-corrected chi connectivity index (χ3v) is 5.28. The smallest absolute Gasteiger partial charge is 0.462 e. The summed E-state index contributed by atoms with van der Waals surface area (Å²) in [4.78, 5) is 0. The van der Waals surface area contributed by atoms with Crippen molar-refractivity contribution in [2.45, 2.75) is 24.8 Å². The lowest BCUT2D eigenvalue weighted by atomic mass is 10.2. The number of alkyl halides is 7. The zero-order chi connectivity index (χ0) is 22.7. The molecule has 13 heteroatoms. The summed E-state index contributed by atoms with van der Waals surface area (Å²) in [5.74, 6) is -5.92. The fraction of sp³-hybridized carbons (Fsp3) is 0.235. The number of nitrogens with zero attached hydrogens (tertiary/aromatic N) is 1. The first-order valence-electron chi connectivity index (χ1n) is 7.74. The van der Waals surface area contributed by atoms with E-state index in [4.69, 9.17) is 16.3 Å². The summed E-state index contributed by atoms with van der Waals surface area (Å²) in [6.07, 6.45) is -5.77. The molecular formula is C17H10BrClF7IN2O. The van der Waals surface area contributed by atoms with E-state index in [0.717, 1.165) is 0 Å². The molecule has 0 heterocycles. The topological polar surface area (TPSA) is 33.6 Å². The van der Waals surface area contributed by atoms with Crippen LogP contribution in [0.4, 0.5) is 30.7 Å². The van der Waals surface area contributed by atoms with Gasteiger partial charge in [-0.2, -0.15) is 35.8 Å². The molecule has 0 atom stereocenters. The maximum Gasteiger partial charge on any atom is 0.462 e. The number of halogens is 10. The van der Waals surface area contributed by atoms with E-state index in [1.165, 1.54) is 12.1 Å². The first-order chi connectivity index (χ1) is 13.8. The number of hydrogen-bond donors (Lipinski definition) is 1. The molecule has 0 saturated carbocycles. The number of nitrogens with one attached hydrogen (secondary N) is 1. The highest BCUT2D eigenvalue weighted by atomic mass is 127. The average Bonchev–Trinajstić information content (AvgIpc) is 2.61. The molecule has 2 aromatic carbocycles. The quantitative estimate of drug-likeness (QED) is 0.117. The van der Waals surface area contributed by atoms with Crippen molar-refractivity contribution in [3.05, 3.63) is 60.6 Å². The van der Waals surface area contributed by atoms with Crippen molar-refractivity contribution in [2.24, 2.45) is 5.10 Å². The Balaban J connectivity index is 2.12. The highest BCUT2D eigenvalue weighted by molar-refractivity contribution is 14.1. The molecule has 2 aromatic rings. The summed E-state index contributed by atoms with van der Waals surface area (Å²) >= 11 is 11.1. The van der Waals surface area contributed by atoms with Crippen molar-refractivity contribution >= 4 is 56.3 Å². The first kappa shape index (κ1) is 25.0. The van der Waals surface area contributed by atoms with Crippen molar-refractivity contribution in [3.63, 3.8) is 0 Å². The lowest BCUT2D eigenvalue weighted by Gasteiger charge is -2.27. The van der Waals surface area contributed by atoms with Crippen molar-refractivity contribution in [3.8, 4) is 5.75 Å². The molecule has 0 aliphatic heterocycles. The third kappa shape index (κ3) is 5.69. The van der Waals surface area contributed by atoms with Crippen LogP contribution >= 0.6 is 50.1 Å². The van der Waals surface area contributed by atoms with Crippen LogP contribution in [0, 0.1) is 3.57 Å². The Morgan fingerprint density at radius 2 is 1.73 bits per heavy atom. The Bertz CT molecular complexity index is 918. The van der Waals surface area contributed by atoms with E-state index < -0.39 is 18.1 Å². The van der Waals surface area contributed by atoms with Crippen LogP contribution in [0.5, 0.6) is 5.75 Å². The van der Waals surface area contributed by atoms with E-state index in [0.29, 0.717) is 36.0 Å². The minimum absolute atomic E-state index is 0.127. The van der Waals surface area contributed by atoms with Gasteiger partial charge in [0.05, 0.1) is 14.3 Å². The van der Waals surface area contributed by atoms with Gasteiger partial charge in [0.2, 0.25) is 0 Å². The summed E-state index contributed by atoms with van der Waals surface area (Å²) in [6.45, 7) is 0.127. The number of rotatable bonds is 7. The number of hydrazone groups is 1. The molecule has 0 spiro atoms. The largest absolute Gasteiger partial charge is 0.487 e. The Kier molecular flexibility index (Phi) is 7.89. The maximum atomic E-state index is 13.2. The second kappa shape index (κ2) is 9.47. The normalized spacial score (nSPS) is 13.0. The summed E-state index contributed by atoms with van der Waals surface area (Å²) in [6, 6.07) is 4.09. The van der Waals surface area contributed by atoms with Gasteiger partial charge >= 0.3 is 18.1 Å². The molecule has 0 bridgehead atoms. The van der Waals surface area contributed by atoms with Crippen LogP contribution in [0.15, 0.2) is 46.0 Å². The molecule has 2 rings (SSSR count). The monoisotopic (exact) mass is 632 g/mol. The second-order valence-corrected chi connectivity index (χ2v) is 8.13. The van der Waals surface area contributed by atoms with E-state index in [1.54, 1.807) is 24.3 Å². The SMILES string of the molecule is FC(F)(F)C(F)(F)C(F)(F)N/N=C/c1cc(Br)c(OCc2ccccc2Cl)c(I)c1. The van der Waals surface area contributed by atoms with Crippen LogP contribution in [0.25, 0.3) is 0 Å². The zero-order valence-electron chi connectivity index (χ0n) is 14.4. The molecule has 0 aliphatic rings. The van der Waals surface area contributed by atoms with Gasteiger partial charge in [-0.25, -0.2) is 5.43 Å². The highest BCUT2D eigenvalue weighted by Gasteiger charge is 2.73. The van der Waals surface area contributed by atoms with Crippen molar-refractivity contribution < 1.29 is 35.5 Å². The highest BCUT2D eigenvalue weighted by Crippen LogP contribution is 2.45. The molecule has 3 nitrogen and oxygen atoms in total. The Labute approximate surface area is 192 Å². The lowest BCUT2D eigenvalue weighted by molar-refractivity contribution is -0.361. The predicted molar refractivity (Wildman–Crippen MR) is 109 cm³/mol. The van der Waals surface area contributed by atoms with Gasteiger partial charge in [0.15, 0.2) is 0 Å². The van der Waals surface area contributed by atoms with Crippen LogP contribution in [-0.2, 0) is 6.61 Å². The molecule has 0 fully saturated rings. The molecule has 0 aliphatic carbocycles. The van der Waals surface area contributed by atoms with Crippen LogP contribution < -0.4 is 10.2 Å². The molecule has 30 heavy (non-hydrogen) atoms. The Hall–Kier alpha value is -1.28. The Morgan fingerprint density at radius 1 is 1.10 bits per heavy atom. The molecule has 0 saturated heterocycles. The summed E-state index contributed by atoms with van der Waals surface area (Å²) in [5.41, 5.74) is 1.41. The minimum atomic E-state index is -6.45. The first-order valence-corrected chi connectivity index (χ1v) is 9.99. The van der Waals surface area contributed by atoms with Gasteiger partial charge in [-0.15, -0.1) is 0 Å². The van der Waals surface area contributed by atoms with Crippen molar-refractivity contribution in [2.75, 3.05) is 0 Å². The van der Waals surface area contributed by atoms with E-state index in [-0.39, 0.29) is 12.2 Å². The zero-order valence-corrected chi connectivity index (χ0v) is 18.9. The van der Waals surface area contributed by atoms with Gasteiger partial charge in [0.1, 0.15) is 12.4 Å². The average molecular weight is 634 g/mol. The lowest BCUT2D eigenvalue weighted by Crippen LogP contribution is -2.58. The third-order valence-electron chi connectivity index (χ3n) is 3.52. The summed E-state index contributed by atoms with van der Waals surface area (Å²) < 4.78 is 94.8. The predicted octanol–water partition coefficient (Wildman–Crippen LogP) is 7.00. The van der Waals surface area contributed by atoms with Crippen LogP contribution in [0.2, 0.25) is 5.02 Å². The van der Waals surface area contributed by atoms with E-state index in [2.05, 4.69) is 21.0 Å². The standard InChI is InChI=1S/C17H10BrClF7IN2O/c18-11-5-9(7-28-29-17(25,26)15(20,21)16(22,23)24)6-13(27)14(11)30-8-10-3-1-2-4-12(10)19/h1-7,29H,8H2/b28-7+. The fourth-order valence-electron chi connectivity index (χ4n) is 1.99. The van der Waals surface area contributed by atoms with Gasteiger partial charge in [-0.1, -0.05) is 29.8 Å². The van der Waals surface area contributed by atoms with E-state index in [9.17, 15) is 30.7 Å². The van der Waals surface area contributed by atoms with Gasteiger partial charge in [-0.05, 0) is 62.3 Å². The molecule has 0 radical (unpaired) electrons. The van der Waals surface area contributed by atoms with Crippen LogP contribution in [0.3, 0.4) is 0 Å². The fourth-order valence-corrected chi connectivity index (χ4v) is 3.95. The molecule has 1 N–H and O–H groups in total. The number of ether oxygens (including phenoxy) is 1. The van der Waals surface area contributed by atoms with Gasteiger partial charge in [0.25, 0.3) is 0 Å². The van der Waals surface area contributed by atoms with Crippen molar-refractivity contribution in [1.82, 2.24) is 5.43 Å².